The molecule has 0 heterocycles. The van der Waals surface area contributed by atoms with Gasteiger partial charge in [0.1, 0.15) is 5.78 Å². The lowest BCUT2D eigenvalue weighted by molar-refractivity contribution is -0.116. The summed E-state index contributed by atoms with van der Waals surface area (Å²) in [6.07, 6.45) is 0.275. The number of Topliss-reactive ketones (excluding diaryl/α,β-unsaturated/α-hetero) is 1. The molecule has 2 aromatic carbocycles. The lowest BCUT2D eigenvalue weighted by atomic mass is 10.1. The Bertz CT molecular complexity index is 605. The molecule has 0 unspecified atom stereocenters. The lowest BCUT2D eigenvalue weighted by Crippen LogP contribution is -2.06. The number of hydrogen-bond donors (Lipinski definition) is 0. The SMILES string of the molecule is Cc1cccc(SCC(=O)Cc2c(Cl)cccc2Cl)c1. The highest BCUT2D eigenvalue weighted by Crippen LogP contribution is 2.26. The summed E-state index contributed by atoms with van der Waals surface area (Å²) in [6, 6.07) is 13.4. The molecule has 104 valence electrons. The second-order valence-corrected chi connectivity index (χ2v) is 6.38. The summed E-state index contributed by atoms with van der Waals surface area (Å²) < 4.78 is 0. The minimum absolute atomic E-state index is 0.117. The van der Waals surface area contributed by atoms with E-state index < -0.39 is 0 Å². The van der Waals surface area contributed by atoms with E-state index in [9.17, 15) is 4.79 Å². The third kappa shape index (κ3) is 4.27. The highest BCUT2D eigenvalue weighted by Gasteiger charge is 2.11. The third-order valence-corrected chi connectivity index (χ3v) is 4.59. The van der Waals surface area contributed by atoms with E-state index in [0.717, 1.165) is 4.90 Å². The van der Waals surface area contributed by atoms with Gasteiger partial charge in [0.25, 0.3) is 0 Å². The zero-order valence-corrected chi connectivity index (χ0v) is 13.4. The number of aryl methyl sites for hydroxylation is 1. The van der Waals surface area contributed by atoms with Gasteiger partial charge >= 0.3 is 0 Å². The van der Waals surface area contributed by atoms with Crippen LogP contribution >= 0.6 is 35.0 Å². The van der Waals surface area contributed by atoms with Gasteiger partial charge in [-0.15, -0.1) is 11.8 Å². The Morgan fingerprint density at radius 3 is 2.40 bits per heavy atom. The summed E-state index contributed by atoms with van der Waals surface area (Å²) in [7, 11) is 0. The molecule has 0 fully saturated rings. The third-order valence-electron chi connectivity index (χ3n) is 2.82. The number of rotatable bonds is 5. The van der Waals surface area contributed by atoms with Crippen molar-refractivity contribution < 1.29 is 4.79 Å². The fourth-order valence-electron chi connectivity index (χ4n) is 1.82. The first-order valence-corrected chi connectivity index (χ1v) is 7.94. The Morgan fingerprint density at radius 2 is 1.75 bits per heavy atom. The highest BCUT2D eigenvalue weighted by atomic mass is 35.5. The molecule has 2 aromatic rings. The molecule has 0 spiro atoms. The Labute approximate surface area is 133 Å². The average Bonchev–Trinajstić information content (AvgIpc) is 2.41. The van der Waals surface area contributed by atoms with Gasteiger partial charge in [0.15, 0.2) is 0 Å². The molecular formula is C16H14Cl2OS. The largest absolute Gasteiger partial charge is 0.298 e. The molecule has 0 aliphatic heterocycles. The van der Waals surface area contributed by atoms with E-state index in [-0.39, 0.29) is 12.2 Å². The molecule has 0 bridgehead atoms. The van der Waals surface area contributed by atoms with Gasteiger partial charge in [0.2, 0.25) is 0 Å². The van der Waals surface area contributed by atoms with Crippen molar-refractivity contribution in [2.45, 2.75) is 18.2 Å². The molecule has 20 heavy (non-hydrogen) atoms. The van der Waals surface area contributed by atoms with Crippen molar-refractivity contribution in [3.8, 4) is 0 Å². The smallest absolute Gasteiger partial charge is 0.147 e. The molecule has 0 aromatic heterocycles. The van der Waals surface area contributed by atoms with Crippen molar-refractivity contribution in [3.63, 3.8) is 0 Å². The van der Waals surface area contributed by atoms with E-state index in [1.54, 1.807) is 18.2 Å². The van der Waals surface area contributed by atoms with Crippen LogP contribution in [0.15, 0.2) is 47.4 Å². The quantitative estimate of drug-likeness (QED) is 0.702. The van der Waals surface area contributed by atoms with Gasteiger partial charge in [-0.25, -0.2) is 0 Å². The van der Waals surface area contributed by atoms with Gasteiger partial charge in [0, 0.05) is 21.4 Å². The van der Waals surface area contributed by atoms with Crippen LogP contribution < -0.4 is 0 Å². The van der Waals surface area contributed by atoms with Crippen LogP contribution in [0.5, 0.6) is 0 Å². The molecule has 0 saturated heterocycles. The molecule has 0 radical (unpaired) electrons. The number of halogens is 2. The van der Waals surface area contributed by atoms with Gasteiger partial charge in [0.05, 0.1) is 5.75 Å². The van der Waals surface area contributed by atoms with Crippen molar-refractivity contribution in [2.24, 2.45) is 0 Å². The average molecular weight is 325 g/mol. The molecule has 1 nitrogen and oxygen atoms in total. The molecule has 0 atom stereocenters. The molecule has 0 aliphatic rings. The predicted molar refractivity (Wildman–Crippen MR) is 87.1 cm³/mol. The van der Waals surface area contributed by atoms with Gasteiger partial charge in [-0.3, -0.25) is 4.79 Å². The van der Waals surface area contributed by atoms with Crippen LogP contribution in [0, 0.1) is 6.92 Å². The summed E-state index contributed by atoms with van der Waals surface area (Å²) >= 11 is 13.7. The first kappa shape index (κ1) is 15.4. The Kier molecular flexibility index (Phi) is 5.53. The molecule has 2 rings (SSSR count). The minimum atomic E-state index is 0.117. The van der Waals surface area contributed by atoms with Crippen LogP contribution in [0.1, 0.15) is 11.1 Å². The van der Waals surface area contributed by atoms with Crippen molar-refractivity contribution in [1.29, 1.82) is 0 Å². The molecule has 0 amide bonds. The van der Waals surface area contributed by atoms with Gasteiger partial charge in [-0.1, -0.05) is 47.0 Å². The summed E-state index contributed by atoms with van der Waals surface area (Å²) in [4.78, 5) is 13.1. The van der Waals surface area contributed by atoms with Gasteiger partial charge in [-0.2, -0.15) is 0 Å². The number of carbonyl (C=O) groups is 1. The summed E-state index contributed by atoms with van der Waals surface area (Å²) in [5.74, 6) is 0.539. The molecule has 0 saturated carbocycles. The van der Waals surface area contributed by atoms with Crippen molar-refractivity contribution in [3.05, 3.63) is 63.6 Å². The van der Waals surface area contributed by atoms with Crippen molar-refractivity contribution in [1.82, 2.24) is 0 Å². The predicted octanol–water partition coefficient (Wildman–Crippen LogP) is 5.21. The van der Waals surface area contributed by atoms with Crippen LogP contribution in [0.4, 0.5) is 0 Å². The Hall–Kier alpha value is -0.960. The van der Waals surface area contributed by atoms with Crippen molar-refractivity contribution in [2.75, 3.05) is 5.75 Å². The number of benzene rings is 2. The fourth-order valence-corrected chi connectivity index (χ4v) is 3.22. The van der Waals surface area contributed by atoms with E-state index in [1.807, 2.05) is 25.1 Å². The maximum atomic E-state index is 12.0. The fraction of sp³-hybridized carbons (Fsp3) is 0.188. The normalized spacial score (nSPS) is 10.6. The van der Waals surface area contributed by atoms with Crippen LogP contribution in [-0.2, 0) is 11.2 Å². The van der Waals surface area contributed by atoms with E-state index >= 15 is 0 Å². The topological polar surface area (TPSA) is 17.1 Å². The van der Waals surface area contributed by atoms with E-state index in [0.29, 0.717) is 21.4 Å². The second-order valence-electron chi connectivity index (χ2n) is 4.52. The summed E-state index contributed by atoms with van der Waals surface area (Å²) in [6.45, 7) is 2.04. The molecule has 4 heteroatoms. The van der Waals surface area contributed by atoms with Gasteiger partial charge in [-0.05, 0) is 36.8 Å². The standard InChI is InChI=1S/C16H14Cl2OS/c1-11-4-2-5-13(8-11)20-10-12(19)9-14-15(17)6-3-7-16(14)18/h2-8H,9-10H2,1H3. The number of ketones is 1. The highest BCUT2D eigenvalue weighted by molar-refractivity contribution is 8.00. The molecular weight excluding hydrogens is 311 g/mol. The van der Waals surface area contributed by atoms with Crippen LogP contribution in [0.3, 0.4) is 0 Å². The monoisotopic (exact) mass is 324 g/mol. The summed E-state index contributed by atoms with van der Waals surface area (Å²) in [5, 5.41) is 1.10. The first-order valence-electron chi connectivity index (χ1n) is 6.20. The zero-order valence-electron chi connectivity index (χ0n) is 11.0. The summed E-state index contributed by atoms with van der Waals surface area (Å²) in [5.41, 5.74) is 1.90. The van der Waals surface area contributed by atoms with E-state index in [1.165, 1.54) is 17.3 Å². The van der Waals surface area contributed by atoms with Crippen molar-refractivity contribution >= 4 is 40.7 Å². The number of carbonyl (C=O) groups excluding carboxylic acids is 1. The Morgan fingerprint density at radius 1 is 1.10 bits per heavy atom. The van der Waals surface area contributed by atoms with Crippen LogP contribution in [0.2, 0.25) is 10.0 Å². The first-order chi connectivity index (χ1) is 9.56. The molecule has 0 N–H and O–H groups in total. The second kappa shape index (κ2) is 7.16. The van der Waals surface area contributed by atoms with Crippen LogP contribution in [0.25, 0.3) is 0 Å². The van der Waals surface area contributed by atoms with Crippen LogP contribution in [-0.4, -0.2) is 11.5 Å². The van der Waals surface area contributed by atoms with Gasteiger partial charge < -0.3 is 0 Å². The lowest BCUT2D eigenvalue weighted by Gasteiger charge is -2.06. The Balaban J connectivity index is 1.96. The zero-order chi connectivity index (χ0) is 14.5. The molecule has 0 aliphatic carbocycles. The number of hydrogen-bond acceptors (Lipinski definition) is 2. The maximum Gasteiger partial charge on any atom is 0.147 e. The van der Waals surface area contributed by atoms with E-state index in [4.69, 9.17) is 23.2 Å². The maximum absolute atomic E-state index is 12.0. The van der Waals surface area contributed by atoms with E-state index in [2.05, 4.69) is 6.07 Å². The number of thioether (sulfide) groups is 1. The minimum Gasteiger partial charge on any atom is -0.298 e.